The van der Waals surface area contributed by atoms with E-state index in [0.29, 0.717) is 69.4 Å². The third kappa shape index (κ3) is 5.01. The van der Waals surface area contributed by atoms with Crippen LogP contribution in [0.25, 0.3) is 0 Å². The Bertz CT molecular complexity index is 1360. The first kappa shape index (κ1) is 27.3. The average Bonchev–Trinajstić information content (AvgIpc) is 3.39. The Hall–Kier alpha value is -3.76. The molecule has 1 unspecified atom stereocenters. The molecule has 1 aliphatic heterocycles. The van der Waals surface area contributed by atoms with Gasteiger partial charge in [0, 0.05) is 29.3 Å². The highest BCUT2D eigenvalue weighted by Crippen LogP contribution is 2.50. The van der Waals surface area contributed by atoms with E-state index in [1.54, 1.807) is 24.0 Å². The number of nitrogens with zero attached hydrogens (tertiary/aromatic N) is 4. The zero-order valence-corrected chi connectivity index (χ0v) is 23.0. The van der Waals surface area contributed by atoms with Gasteiger partial charge in [-0.05, 0) is 25.8 Å². The molecular formula is C25H27N5O6S2. The van der Waals surface area contributed by atoms with Crippen LogP contribution in [0.1, 0.15) is 37.7 Å². The van der Waals surface area contributed by atoms with Crippen LogP contribution < -0.4 is 24.8 Å². The summed E-state index contributed by atoms with van der Waals surface area (Å²) in [5.74, 6) is 0.352. The molecule has 0 radical (unpaired) electrons. The number of aromatic nitrogens is 2. The summed E-state index contributed by atoms with van der Waals surface area (Å²) in [4.78, 5) is 26.8. The summed E-state index contributed by atoms with van der Waals surface area (Å²) in [5.41, 5.74) is 8.51. The van der Waals surface area contributed by atoms with E-state index in [4.69, 9.17) is 24.7 Å². The molecule has 4 rings (SSSR count). The van der Waals surface area contributed by atoms with Crippen LogP contribution in [0.5, 0.6) is 17.2 Å². The number of thioether (sulfide) groups is 1. The van der Waals surface area contributed by atoms with Crippen molar-refractivity contribution in [1.82, 2.24) is 10.2 Å². The van der Waals surface area contributed by atoms with Gasteiger partial charge in [0.25, 0.3) is 0 Å². The fourth-order valence-corrected chi connectivity index (χ4v) is 6.25. The van der Waals surface area contributed by atoms with Crippen LogP contribution in [-0.4, -0.2) is 55.6 Å². The van der Waals surface area contributed by atoms with Gasteiger partial charge < -0.3 is 24.7 Å². The number of Topliss-reactive ketones (excluding diaryl/α,β-unsaturated/α-hetero) is 1. The van der Waals surface area contributed by atoms with Gasteiger partial charge in [0.15, 0.2) is 21.6 Å². The monoisotopic (exact) mass is 557 g/mol. The molecule has 1 aromatic heterocycles. The molecule has 0 fully saturated rings. The number of ether oxygens (including phenoxy) is 4. The first-order chi connectivity index (χ1) is 18.4. The number of nitriles is 1. The van der Waals surface area contributed by atoms with E-state index < -0.39 is 5.92 Å². The quantitative estimate of drug-likeness (QED) is 0.355. The van der Waals surface area contributed by atoms with Crippen LogP contribution in [0, 0.1) is 11.3 Å². The standard InChI is InChI=1S/C25H27N5O6S2/c1-5-36-20(32)12-37-25-29-28-24(38-25)30-15-7-6-8-16(31)22(15)21(14(11-26)23(30)27)13-9-18(34-3)19(35-4)10-17(13)33-2/h9-10,21H,5-8,12,27H2,1-4H3. The van der Waals surface area contributed by atoms with Gasteiger partial charge in [-0.1, -0.05) is 23.1 Å². The highest BCUT2D eigenvalue weighted by atomic mass is 32.2. The van der Waals surface area contributed by atoms with Crippen molar-refractivity contribution in [2.24, 2.45) is 5.73 Å². The maximum atomic E-state index is 13.4. The van der Waals surface area contributed by atoms with E-state index in [2.05, 4.69) is 16.3 Å². The van der Waals surface area contributed by atoms with Crippen molar-refractivity contribution < 1.29 is 28.5 Å². The molecular weight excluding hydrogens is 530 g/mol. The molecule has 0 bridgehead atoms. The molecule has 0 spiro atoms. The van der Waals surface area contributed by atoms with E-state index >= 15 is 0 Å². The topological polar surface area (TPSA) is 150 Å². The number of anilines is 1. The molecule has 13 heteroatoms. The van der Waals surface area contributed by atoms with Crippen molar-refractivity contribution >= 4 is 40.0 Å². The molecule has 200 valence electrons. The Morgan fingerprint density at radius 3 is 2.55 bits per heavy atom. The summed E-state index contributed by atoms with van der Waals surface area (Å²) in [6, 6.07) is 5.60. The van der Waals surface area contributed by atoms with Gasteiger partial charge >= 0.3 is 5.97 Å². The predicted octanol–water partition coefficient (Wildman–Crippen LogP) is 3.52. The molecule has 38 heavy (non-hydrogen) atoms. The number of nitrogens with two attached hydrogens (primary N) is 1. The minimum Gasteiger partial charge on any atom is -0.496 e. The molecule has 1 atom stereocenters. The number of esters is 1. The van der Waals surface area contributed by atoms with E-state index in [1.165, 1.54) is 44.4 Å². The van der Waals surface area contributed by atoms with E-state index in [-0.39, 0.29) is 28.9 Å². The Labute approximate surface area is 228 Å². The zero-order chi connectivity index (χ0) is 27.4. The number of allylic oxidation sites excluding steroid dienone is 3. The lowest BCUT2D eigenvalue weighted by Crippen LogP contribution is -2.38. The Morgan fingerprint density at radius 2 is 1.89 bits per heavy atom. The van der Waals surface area contributed by atoms with Gasteiger partial charge in [-0.2, -0.15) is 5.26 Å². The minimum absolute atomic E-state index is 0.0836. The van der Waals surface area contributed by atoms with Crippen LogP contribution in [-0.2, 0) is 14.3 Å². The van der Waals surface area contributed by atoms with Gasteiger partial charge in [0.2, 0.25) is 5.13 Å². The number of hydrogen-bond acceptors (Lipinski definition) is 13. The number of ketones is 1. The lowest BCUT2D eigenvalue weighted by Gasteiger charge is -2.38. The van der Waals surface area contributed by atoms with Crippen LogP contribution in [0.2, 0.25) is 0 Å². The average molecular weight is 558 g/mol. The molecule has 1 aromatic carbocycles. The normalized spacial score (nSPS) is 17.2. The second kappa shape index (κ2) is 11.7. The van der Waals surface area contributed by atoms with Gasteiger partial charge in [0.1, 0.15) is 11.6 Å². The van der Waals surface area contributed by atoms with Crippen molar-refractivity contribution in [2.75, 3.05) is 38.6 Å². The van der Waals surface area contributed by atoms with Crippen LogP contribution in [0.15, 0.2) is 39.1 Å². The van der Waals surface area contributed by atoms with Crippen LogP contribution >= 0.6 is 23.1 Å². The second-order valence-electron chi connectivity index (χ2n) is 8.21. The van der Waals surface area contributed by atoms with E-state index in [0.717, 1.165) is 0 Å². The van der Waals surface area contributed by atoms with Gasteiger partial charge in [0.05, 0.1) is 51.2 Å². The van der Waals surface area contributed by atoms with Crippen molar-refractivity contribution in [2.45, 2.75) is 36.4 Å². The minimum atomic E-state index is -0.764. The van der Waals surface area contributed by atoms with Crippen molar-refractivity contribution in [3.05, 3.63) is 40.4 Å². The zero-order valence-electron chi connectivity index (χ0n) is 21.4. The first-order valence-electron chi connectivity index (χ1n) is 11.8. The predicted molar refractivity (Wildman–Crippen MR) is 141 cm³/mol. The Kier molecular flexibility index (Phi) is 8.43. The van der Waals surface area contributed by atoms with Crippen molar-refractivity contribution in [3.63, 3.8) is 0 Å². The van der Waals surface area contributed by atoms with E-state index in [9.17, 15) is 14.9 Å². The van der Waals surface area contributed by atoms with Crippen molar-refractivity contribution in [3.8, 4) is 23.3 Å². The molecule has 0 saturated carbocycles. The molecule has 1 aliphatic carbocycles. The number of benzene rings is 1. The molecule has 2 N–H and O–H groups in total. The fourth-order valence-electron chi connectivity index (χ4n) is 4.57. The van der Waals surface area contributed by atoms with Gasteiger partial charge in [-0.15, -0.1) is 10.2 Å². The lowest BCUT2D eigenvalue weighted by atomic mass is 9.75. The summed E-state index contributed by atoms with van der Waals surface area (Å²) in [7, 11) is 4.53. The smallest absolute Gasteiger partial charge is 0.316 e. The third-order valence-electron chi connectivity index (χ3n) is 6.17. The highest BCUT2D eigenvalue weighted by Gasteiger charge is 2.42. The number of carbonyl (C=O) groups excluding carboxylic acids is 2. The summed E-state index contributed by atoms with van der Waals surface area (Å²) in [6.45, 7) is 2.04. The van der Waals surface area contributed by atoms with Crippen LogP contribution in [0.3, 0.4) is 0 Å². The molecule has 0 amide bonds. The summed E-state index contributed by atoms with van der Waals surface area (Å²) < 4.78 is 22.1. The van der Waals surface area contributed by atoms with Gasteiger partial charge in [-0.25, -0.2) is 0 Å². The lowest BCUT2D eigenvalue weighted by molar-refractivity contribution is -0.139. The third-order valence-corrected chi connectivity index (χ3v) is 8.18. The number of methoxy groups -OCH3 is 3. The Morgan fingerprint density at radius 1 is 1.18 bits per heavy atom. The molecule has 11 nitrogen and oxygen atoms in total. The highest BCUT2D eigenvalue weighted by molar-refractivity contribution is 8.01. The molecule has 2 heterocycles. The van der Waals surface area contributed by atoms with Gasteiger partial charge in [-0.3, -0.25) is 14.5 Å². The summed E-state index contributed by atoms with van der Waals surface area (Å²) in [5, 5.41) is 19.1. The Balaban J connectivity index is 1.83. The largest absolute Gasteiger partial charge is 0.496 e. The maximum absolute atomic E-state index is 13.4. The molecule has 2 aromatic rings. The number of hydrogen-bond donors (Lipinski definition) is 1. The summed E-state index contributed by atoms with van der Waals surface area (Å²) >= 11 is 2.41. The second-order valence-corrected chi connectivity index (χ2v) is 10.4. The molecule has 2 aliphatic rings. The SMILES string of the molecule is CCOC(=O)CSc1nnc(N2C(N)=C(C#N)C(c3cc(OC)c(OC)cc3OC)C3=C2CCCC3=O)s1. The van der Waals surface area contributed by atoms with Crippen molar-refractivity contribution in [1.29, 1.82) is 5.26 Å². The van der Waals surface area contributed by atoms with Crippen LogP contribution in [0.4, 0.5) is 5.13 Å². The molecule has 0 saturated heterocycles. The van der Waals surface area contributed by atoms with E-state index in [1.807, 2.05) is 0 Å². The fraction of sp³-hybridized carbons (Fsp3) is 0.400. The number of carbonyl (C=O) groups is 2. The number of rotatable bonds is 9. The first-order valence-corrected chi connectivity index (χ1v) is 13.6. The maximum Gasteiger partial charge on any atom is 0.316 e. The summed E-state index contributed by atoms with van der Waals surface area (Å²) in [6.07, 6.45) is 1.52.